The Hall–Kier alpha value is -1.79. The van der Waals surface area contributed by atoms with Crippen molar-refractivity contribution in [1.82, 2.24) is 15.1 Å². The van der Waals surface area contributed by atoms with Gasteiger partial charge in [0.15, 0.2) is 0 Å². The maximum absolute atomic E-state index is 13.1. The van der Waals surface area contributed by atoms with E-state index in [4.69, 9.17) is 10.5 Å². The molecule has 0 unspecified atom stereocenters. The van der Waals surface area contributed by atoms with Gasteiger partial charge >= 0.3 is 0 Å². The summed E-state index contributed by atoms with van der Waals surface area (Å²) in [5.74, 6) is -0.396. The molecule has 204 valence electrons. The van der Waals surface area contributed by atoms with Gasteiger partial charge in [0.2, 0.25) is 17.7 Å². The smallest absolute Gasteiger partial charge is 0.239 e. The minimum absolute atomic E-state index is 0.0936. The lowest BCUT2D eigenvalue weighted by Gasteiger charge is -2.33. The maximum atomic E-state index is 13.1. The van der Waals surface area contributed by atoms with Gasteiger partial charge < -0.3 is 40.9 Å². The first-order valence-electron chi connectivity index (χ1n) is 12.7. The number of nitrogens with zero attached hydrogens (tertiary/aromatic N) is 2. The Balaban J connectivity index is 2.86. The molecule has 11 nitrogen and oxygen atoms in total. The molecular formula is C24H46N4O7. The van der Waals surface area contributed by atoms with Gasteiger partial charge in [-0.25, -0.2) is 0 Å². The predicted octanol–water partition coefficient (Wildman–Crippen LogP) is -0.783. The standard InChI is InChI=1S/C24H46N4O7/c1-17(2)14-22(32)28-12-11-27(24(34)19(25)8-4-5-9-26-18(3)29)10-6-7-13-35-16-21(31)23(33)20(30)15-28/h17,19-21,23,30-31,33H,4-16,25H2,1-3H3,(H,26,29)/t19-,20-,21+,23+/m0/s1. The van der Waals surface area contributed by atoms with E-state index in [1.807, 2.05) is 13.8 Å². The van der Waals surface area contributed by atoms with Crippen LogP contribution >= 0.6 is 0 Å². The van der Waals surface area contributed by atoms with Gasteiger partial charge in [0.25, 0.3) is 0 Å². The Labute approximate surface area is 209 Å². The Morgan fingerprint density at radius 2 is 1.71 bits per heavy atom. The van der Waals surface area contributed by atoms with Gasteiger partial charge in [0.05, 0.1) is 12.6 Å². The molecule has 35 heavy (non-hydrogen) atoms. The van der Waals surface area contributed by atoms with Crippen LogP contribution in [0.5, 0.6) is 0 Å². The van der Waals surface area contributed by atoms with Crippen LogP contribution in [-0.4, -0.2) is 113 Å². The molecule has 0 saturated carbocycles. The number of amides is 3. The second-order valence-electron chi connectivity index (χ2n) is 9.76. The summed E-state index contributed by atoms with van der Waals surface area (Å²) in [6.07, 6.45) is -0.635. The minimum Gasteiger partial charge on any atom is -0.388 e. The highest BCUT2D eigenvalue weighted by Crippen LogP contribution is 2.11. The zero-order chi connectivity index (χ0) is 26.4. The molecule has 0 spiro atoms. The number of ether oxygens (including phenoxy) is 1. The molecule has 1 fully saturated rings. The monoisotopic (exact) mass is 502 g/mol. The molecular weight excluding hydrogens is 456 g/mol. The quantitative estimate of drug-likeness (QED) is 0.270. The first-order chi connectivity index (χ1) is 16.5. The van der Waals surface area contributed by atoms with Crippen molar-refractivity contribution in [2.75, 3.05) is 45.9 Å². The summed E-state index contributed by atoms with van der Waals surface area (Å²) in [6.45, 7) is 6.73. The number of aliphatic hydroxyl groups is 3. The van der Waals surface area contributed by atoms with Crippen molar-refractivity contribution >= 4 is 17.7 Å². The molecule has 0 aromatic heterocycles. The molecule has 0 aliphatic carbocycles. The van der Waals surface area contributed by atoms with Crippen LogP contribution in [0, 0.1) is 5.92 Å². The molecule has 1 heterocycles. The molecule has 1 aliphatic heterocycles. The van der Waals surface area contributed by atoms with E-state index >= 15 is 0 Å². The number of rotatable bonds is 8. The lowest BCUT2D eigenvalue weighted by atomic mass is 10.1. The Morgan fingerprint density at radius 1 is 1.03 bits per heavy atom. The van der Waals surface area contributed by atoms with Crippen molar-refractivity contribution in [1.29, 1.82) is 0 Å². The van der Waals surface area contributed by atoms with Crippen LogP contribution in [0.4, 0.5) is 0 Å². The average molecular weight is 503 g/mol. The van der Waals surface area contributed by atoms with E-state index in [-0.39, 0.29) is 56.3 Å². The van der Waals surface area contributed by atoms with Crippen LogP contribution in [0.3, 0.4) is 0 Å². The van der Waals surface area contributed by atoms with Gasteiger partial charge in [-0.1, -0.05) is 13.8 Å². The number of nitrogens with two attached hydrogens (primary N) is 1. The normalized spacial score (nSPS) is 24.1. The third-order valence-corrected chi connectivity index (χ3v) is 5.97. The molecule has 1 rings (SSSR count). The van der Waals surface area contributed by atoms with Crippen molar-refractivity contribution < 1.29 is 34.4 Å². The largest absolute Gasteiger partial charge is 0.388 e. The van der Waals surface area contributed by atoms with Gasteiger partial charge in [-0.3, -0.25) is 14.4 Å². The summed E-state index contributed by atoms with van der Waals surface area (Å²) in [5, 5.41) is 33.6. The number of nitrogens with one attached hydrogen (secondary N) is 1. The molecule has 6 N–H and O–H groups in total. The Morgan fingerprint density at radius 3 is 2.37 bits per heavy atom. The lowest BCUT2D eigenvalue weighted by Crippen LogP contribution is -2.51. The van der Waals surface area contributed by atoms with Crippen molar-refractivity contribution in [2.24, 2.45) is 11.7 Å². The SMILES string of the molecule is CC(=O)NCCCC[C@H](N)C(=O)N1CCCCOC[C@@H](O)[C@H](O)[C@@H](O)CN(C(=O)CC(C)C)CC1. The van der Waals surface area contributed by atoms with Gasteiger partial charge in [0.1, 0.15) is 18.3 Å². The predicted molar refractivity (Wildman–Crippen MR) is 131 cm³/mol. The third-order valence-electron chi connectivity index (χ3n) is 5.97. The van der Waals surface area contributed by atoms with E-state index in [0.29, 0.717) is 45.4 Å². The molecule has 11 heteroatoms. The highest BCUT2D eigenvalue weighted by molar-refractivity contribution is 5.81. The summed E-state index contributed by atoms with van der Waals surface area (Å²) >= 11 is 0. The number of hydrogen-bond donors (Lipinski definition) is 5. The molecule has 0 radical (unpaired) electrons. The zero-order valence-corrected chi connectivity index (χ0v) is 21.5. The van der Waals surface area contributed by atoms with E-state index in [1.165, 1.54) is 11.8 Å². The van der Waals surface area contributed by atoms with E-state index in [1.54, 1.807) is 4.90 Å². The average Bonchev–Trinajstić information content (AvgIpc) is 2.79. The van der Waals surface area contributed by atoms with Crippen LogP contribution in [-0.2, 0) is 19.1 Å². The fraction of sp³-hybridized carbons (Fsp3) is 0.875. The fourth-order valence-corrected chi connectivity index (χ4v) is 3.88. The van der Waals surface area contributed by atoms with Gasteiger partial charge in [-0.2, -0.15) is 0 Å². The molecule has 0 aromatic carbocycles. The van der Waals surface area contributed by atoms with E-state index in [2.05, 4.69) is 5.32 Å². The maximum Gasteiger partial charge on any atom is 0.239 e. The lowest BCUT2D eigenvalue weighted by molar-refractivity contribution is -0.140. The zero-order valence-electron chi connectivity index (χ0n) is 21.5. The fourth-order valence-electron chi connectivity index (χ4n) is 3.88. The Kier molecular flexibility index (Phi) is 15.0. The summed E-state index contributed by atoms with van der Waals surface area (Å²) in [6, 6.07) is -0.690. The summed E-state index contributed by atoms with van der Waals surface area (Å²) in [5.41, 5.74) is 6.18. The number of β-amino-alcohol motifs (C(OH)–C–C–N with tert-alkyl or cyclic N) is 1. The highest BCUT2D eigenvalue weighted by Gasteiger charge is 2.29. The van der Waals surface area contributed by atoms with Crippen LogP contribution in [0.25, 0.3) is 0 Å². The van der Waals surface area contributed by atoms with Crippen molar-refractivity contribution in [3.63, 3.8) is 0 Å². The number of unbranched alkanes of at least 4 members (excludes halogenated alkanes) is 1. The third kappa shape index (κ3) is 12.6. The van der Waals surface area contributed by atoms with Gasteiger partial charge in [-0.05, 0) is 38.0 Å². The Bertz CT molecular complexity index is 649. The highest BCUT2D eigenvalue weighted by atomic mass is 16.5. The topological polar surface area (TPSA) is 166 Å². The molecule has 0 aromatic rings. The van der Waals surface area contributed by atoms with Crippen LogP contribution < -0.4 is 11.1 Å². The van der Waals surface area contributed by atoms with Gasteiger partial charge in [-0.15, -0.1) is 0 Å². The van der Waals surface area contributed by atoms with Crippen LogP contribution in [0.15, 0.2) is 0 Å². The van der Waals surface area contributed by atoms with E-state index in [0.717, 1.165) is 6.42 Å². The summed E-state index contributed by atoms with van der Waals surface area (Å²) in [7, 11) is 0. The summed E-state index contributed by atoms with van der Waals surface area (Å²) < 4.78 is 5.41. The number of hydrogen-bond acceptors (Lipinski definition) is 8. The molecule has 1 aliphatic rings. The second kappa shape index (κ2) is 16.8. The number of carbonyl (C=O) groups is 3. The van der Waals surface area contributed by atoms with E-state index in [9.17, 15) is 29.7 Å². The van der Waals surface area contributed by atoms with Crippen LogP contribution in [0.2, 0.25) is 0 Å². The molecule has 4 atom stereocenters. The van der Waals surface area contributed by atoms with Gasteiger partial charge in [0, 0.05) is 52.7 Å². The number of aliphatic hydroxyl groups excluding tert-OH is 3. The summed E-state index contributed by atoms with van der Waals surface area (Å²) in [4.78, 5) is 40.0. The molecule has 3 amide bonds. The molecule has 1 saturated heterocycles. The van der Waals surface area contributed by atoms with Crippen molar-refractivity contribution in [2.45, 2.75) is 83.6 Å². The first kappa shape index (κ1) is 31.2. The minimum atomic E-state index is -1.46. The van der Waals surface area contributed by atoms with E-state index < -0.39 is 24.4 Å². The first-order valence-corrected chi connectivity index (χ1v) is 12.7. The van der Waals surface area contributed by atoms with Crippen molar-refractivity contribution in [3.8, 4) is 0 Å². The second-order valence-corrected chi connectivity index (χ2v) is 9.76. The number of carbonyl (C=O) groups excluding carboxylic acids is 3. The van der Waals surface area contributed by atoms with Crippen LogP contribution in [0.1, 0.15) is 59.3 Å². The molecule has 0 bridgehead atoms. The van der Waals surface area contributed by atoms with Crippen molar-refractivity contribution in [3.05, 3.63) is 0 Å².